The Morgan fingerprint density at radius 2 is 1.87 bits per heavy atom. The molecule has 1 aromatic carbocycles. The third-order valence-electron chi connectivity index (χ3n) is 4.78. The highest BCUT2D eigenvalue weighted by Gasteiger charge is 2.30. The zero-order valence-corrected chi connectivity index (χ0v) is 16.7. The number of benzene rings is 1. The molecule has 1 saturated heterocycles. The molecule has 0 aliphatic carbocycles. The second-order valence-corrected chi connectivity index (χ2v) is 8.76. The zero-order chi connectivity index (χ0) is 21.7. The number of amides is 2. The molecule has 2 heterocycles. The van der Waals surface area contributed by atoms with E-state index >= 15 is 0 Å². The molecule has 2 aromatic rings. The van der Waals surface area contributed by atoms with Crippen LogP contribution in [0, 0.1) is 17.6 Å². The van der Waals surface area contributed by atoms with Crippen LogP contribution in [-0.4, -0.2) is 49.2 Å². The Hall–Kier alpha value is -2.92. The number of nitrogens with zero attached hydrogens (tertiary/aromatic N) is 2. The fourth-order valence-electron chi connectivity index (χ4n) is 3.09. The van der Waals surface area contributed by atoms with Gasteiger partial charge in [-0.15, -0.1) is 0 Å². The first-order valence-electron chi connectivity index (χ1n) is 9.22. The molecule has 30 heavy (non-hydrogen) atoms. The number of halogens is 2. The molecule has 160 valence electrons. The summed E-state index contributed by atoms with van der Waals surface area (Å²) in [6.07, 6.45) is 3.81. The fraction of sp³-hybridized carbons (Fsp3) is 0.316. The van der Waals surface area contributed by atoms with Crippen molar-refractivity contribution in [2.45, 2.75) is 17.7 Å². The summed E-state index contributed by atoms with van der Waals surface area (Å²) in [5, 5.41) is 4.55. The molecule has 1 aromatic heterocycles. The molecular weight excluding hydrogens is 418 g/mol. The van der Waals surface area contributed by atoms with Crippen molar-refractivity contribution in [2.75, 3.05) is 25.0 Å². The Morgan fingerprint density at radius 1 is 1.13 bits per heavy atom. The molecule has 0 bridgehead atoms. The van der Waals surface area contributed by atoms with Crippen LogP contribution in [0.25, 0.3) is 0 Å². The molecule has 0 spiro atoms. The van der Waals surface area contributed by atoms with Gasteiger partial charge in [0.25, 0.3) is 0 Å². The Balaban J connectivity index is 1.47. The third kappa shape index (κ3) is 5.16. The number of nitrogens with one attached hydrogen (secondary N) is 2. The van der Waals surface area contributed by atoms with E-state index in [0.717, 1.165) is 12.1 Å². The lowest BCUT2D eigenvalue weighted by Crippen LogP contribution is -2.43. The van der Waals surface area contributed by atoms with Crippen molar-refractivity contribution in [3.63, 3.8) is 0 Å². The minimum Gasteiger partial charge on any atom is -0.348 e. The standard InChI is InChI=1S/C19H20F2N4O4S/c20-14-3-4-17(16(21)10-14)24-19(27)18(26)23-11-13-5-8-25(9-6-13)30(28,29)15-2-1-7-22-12-15/h1-4,7,10,12-13H,5-6,8-9,11H2,(H,23,26)(H,24,27). The van der Waals surface area contributed by atoms with Gasteiger partial charge in [0, 0.05) is 38.1 Å². The Morgan fingerprint density at radius 3 is 2.50 bits per heavy atom. The summed E-state index contributed by atoms with van der Waals surface area (Å²) in [7, 11) is -3.61. The second-order valence-electron chi connectivity index (χ2n) is 6.82. The number of rotatable bonds is 5. The van der Waals surface area contributed by atoms with E-state index in [-0.39, 0.29) is 36.1 Å². The van der Waals surface area contributed by atoms with Gasteiger partial charge >= 0.3 is 11.8 Å². The number of hydrogen-bond acceptors (Lipinski definition) is 5. The molecule has 1 aliphatic heterocycles. The lowest BCUT2D eigenvalue weighted by Gasteiger charge is -2.31. The lowest BCUT2D eigenvalue weighted by molar-refractivity contribution is -0.136. The smallest absolute Gasteiger partial charge is 0.313 e. The summed E-state index contributed by atoms with van der Waals surface area (Å²) >= 11 is 0. The number of aromatic nitrogens is 1. The zero-order valence-electron chi connectivity index (χ0n) is 15.8. The molecule has 8 nitrogen and oxygen atoms in total. The number of piperidine rings is 1. The average Bonchev–Trinajstić information content (AvgIpc) is 2.75. The summed E-state index contributed by atoms with van der Waals surface area (Å²) in [6, 6.07) is 5.62. The van der Waals surface area contributed by atoms with E-state index in [4.69, 9.17) is 0 Å². The molecule has 2 amide bonds. The first-order chi connectivity index (χ1) is 14.3. The molecule has 0 radical (unpaired) electrons. The molecule has 0 unspecified atom stereocenters. The highest BCUT2D eigenvalue weighted by molar-refractivity contribution is 7.89. The van der Waals surface area contributed by atoms with Crippen LogP contribution in [0.2, 0.25) is 0 Å². The van der Waals surface area contributed by atoms with Crippen molar-refractivity contribution in [1.82, 2.24) is 14.6 Å². The monoisotopic (exact) mass is 438 g/mol. The quantitative estimate of drug-likeness (QED) is 0.688. The van der Waals surface area contributed by atoms with Gasteiger partial charge in [0.2, 0.25) is 10.0 Å². The molecule has 2 N–H and O–H groups in total. The SMILES string of the molecule is O=C(NCC1CCN(S(=O)(=O)c2cccnc2)CC1)C(=O)Nc1ccc(F)cc1F. The van der Waals surface area contributed by atoms with Gasteiger partial charge < -0.3 is 10.6 Å². The minimum atomic E-state index is -3.61. The highest BCUT2D eigenvalue weighted by atomic mass is 32.2. The summed E-state index contributed by atoms with van der Waals surface area (Å²) in [5.74, 6) is -3.82. The number of sulfonamides is 1. The normalized spacial score (nSPS) is 15.5. The fourth-order valence-corrected chi connectivity index (χ4v) is 4.52. The Kier molecular flexibility index (Phi) is 6.73. The van der Waals surface area contributed by atoms with Crippen LogP contribution in [0.15, 0.2) is 47.6 Å². The predicted octanol–water partition coefficient (Wildman–Crippen LogP) is 1.52. The van der Waals surface area contributed by atoms with Crippen LogP contribution in [0.1, 0.15) is 12.8 Å². The number of carbonyl (C=O) groups excluding carboxylic acids is 2. The van der Waals surface area contributed by atoms with Crippen LogP contribution in [0.5, 0.6) is 0 Å². The molecule has 0 saturated carbocycles. The van der Waals surface area contributed by atoms with E-state index in [1.165, 1.54) is 22.8 Å². The van der Waals surface area contributed by atoms with E-state index in [9.17, 15) is 26.8 Å². The van der Waals surface area contributed by atoms with Crippen LogP contribution in [0.3, 0.4) is 0 Å². The summed E-state index contributed by atoms with van der Waals surface area (Å²) in [4.78, 5) is 27.8. The molecule has 0 atom stereocenters. The number of anilines is 1. The van der Waals surface area contributed by atoms with E-state index in [0.29, 0.717) is 18.9 Å². The van der Waals surface area contributed by atoms with Crippen LogP contribution in [0.4, 0.5) is 14.5 Å². The highest BCUT2D eigenvalue weighted by Crippen LogP contribution is 2.23. The van der Waals surface area contributed by atoms with E-state index in [1.54, 1.807) is 6.07 Å². The van der Waals surface area contributed by atoms with E-state index < -0.39 is 33.5 Å². The van der Waals surface area contributed by atoms with Crippen molar-refractivity contribution < 1.29 is 26.8 Å². The summed E-state index contributed by atoms with van der Waals surface area (Å²) in [6.45, 7) is 0.744. The maximum absolute atomic E-state index is 13.6. The lowest BCUT2D eigenvalue weighted by atomic mass is 9.98. The van der Waals surface area contributed by atoms with Gasteiger partial charge in [-0.25, -0.2) is 17.2 Å². The van der Waals surface area contributed by atoms with Gasteiger partial charge in [-0.1, -0.05) is 0 Å². The second kappa shape index (κ2) is 9.26. The first-order valence-corrected chi connectivity index (χ1v) is 10.7. The summed E-state index contributed by atoms with van der Waals surface area (Å²) in [5.41, 5.74) is -0.300. The van der Waals surface area contributed by atoms with Gasteiger partial charge in [-0.3, -0.25) is 14.6 Å². The van der Waals surface area contributed by atoms with Crippen LogP contribution >= 0.6 is 0 Å². The number of hydrogen-bond donors (Lipinski definition) is 2. The van der Waals surface area contributed by atoms with Gasteiger partial charge in [-0.2, -0.15) is 4.31 Å². The van der Waals surface area contributed by atoms with Crippen molar-refractivity contribution in [1.29, 1.82) is 0 Å². The van der Waals surface area contributed by atoms with Crippen LogP contribution in [-0.2, 0) is 19.6 Å². The predicted molar refractivity (Wildman–Crippen MR) is 104 cm³/mol. The molecule has 11 heteroatoms. The van der Waals surface area contributed by atoms with Gasteiger partial charge in [0.05, 0.1) is 5.69 Å². The average molecular weight is 438 g/mol. The Bertz CT molecular complexity index is 1030. The summed E-state index contributed by atoms with van der Waals surface area (Å²) < 4.78 is 53.0. The maximum Gasteiger partial charge on any atom is 0.313 e. The van der Waals surface area contributed by atoms with Crippen LogP contribution < -0.4 is 10.6 Å². The first kappa shape index (κ1) is 21.8. The van der Waals surface area contributed by atoms with Crippen molar-refractivity contribution in [2.24, 2.45) is 5.92 Å². The van der Waals surface area contributed by atoms with E-state index in [1.807, 2.05) is 0 Å². The molecule has 1 fully saturated rings. The van der Waals surface area contributed by atoms with Gasteiger partial charge in [0.15, 0.2) is 0 Å². The van der Waals surface area contributed by atoms with Gasteiger partial charge in [0.1, 0.15) is 16.5 Å². The maximum atomic E-state index is 13.6. The van der Waals surface area contributed by atoms with Crippen molar-refractivity contribution in [3.8, 4) is 0 Å². The third-order valence-corrected chi connectivity index (χ3v) is 6.66. The Labute approximate surface area is 172 Å². The number of carbonyl (C=O) groups is 2. The minimum absolute atomic E-state index is 0.00958. The van der Waals surface area contributed by atoms with Crippen molar-refractivity contribution in [3.05, 3.63) is 54.4 Å². The van der Waals surface area contributed by atoms with E-state index in [2.05, 4.69) is 15.6 Å². The molecule has 1 aliphatic rings. The molecule has 3 rings (SSSR count). The number of pyridine rings is 1. The molecular formula is C19H20F2N4O4S. The van der Waals surface area contributed by atoms with Gasteiger partial charge in [-0.05, 0) is 43.0 Å². The van der Waals surface area contributed by atoms with Crippen molar-refractivity contribution >= 4 is 27.5 Å². The largest absolute Gasteiger partial charge is 0.348 e. The topological polar surface area (TPSA) is 108 Å².